The van der Waals surface area contributed by atoms with Crippen molar-refractivity contribution in [2.24, 2.45) is 34.8 Å². The van der Waals surface area contributed by atoms with E-state index in [9.17, 15) is 98.1 Å². The van der Waals surface area contributed by atoms with E-state index in [4.69, 9.17) is 29.8 Å². The van der Waals surface area contributed by atoms with Gasteiger partial charge in [-0.15, -0.1) is 0 Å². The number of carbonyl (C=O) groups excluding carboxylic acids is 12. The SMILES string of the molecule is Cc1cccc2c1C(=O)c1c(O)c3c(c(O)c1C2=O)C[C@@](O)(C(=O)COC(=O)C(C)(C)CC(=O)[C@H](CO)NC(=O)[C@H](CCC(N)=O)CC(=O)[C@@H](NC(=O)[C@H](CO)CC(=O)[C@H](C)NC(=O)CC(=O)NCCCC(=O)O)C1CCCCC1)C[C@@H]3OC1CC2NC(O)C(C)CC(CC(C)O)OC2C(C)O1. The number of rotatable bonds is 34. The molecule has 3 aliphatic carbocycles. The number of primary amides is 1. The van der Waals surface area contributed by atoms with Gasteiger partial charge < -0.3 is 86.8 Å². The highest BCUT2D eigenvalue weighted by Crippen LogP contribution is 2.53. The minimum Gasteiger partial charge on any atom is -0.507 e. The van der Waals surface area contributed by atoms with Crippen LogP contribution in [0.1, 0.15) is 205 Å². The minimum atomic E-state index is -2.65. The quantitative estimate of drug-likeness (QED) is 0.0170. The Labute approximate surface area is 589 Å². The number of carboxylic acids is 1. The highest BCUT2D eigenvalue weighted by Gasteiger charge is 2.52. The van der Waals surface area contributed by atoms with Crippen LogP contribution >= 0.6 is 0 Å². The van der Waals surface area contributed by atoms with E-state index in [1.165, 1.54) is 32.9 Å². The average Bonchev–Trinajstić information content (AvgIpc) is 0.711. The van der Waals surface area contributed by atoms with Gasteiger partial charge in [0.25, 0.3) is 0 Å². The number of amides is 5. The number of nitrogens with one attached hydrogen (secondary N) is 5. The van der Waals surface area contributed by atoms with Crippen molar-refractivity contribution in [1.29, 1.82) is 0 Å². The van der Waals surface area contributed by atoms with E-state index in [0.29, 0.717) is 37.7 Å². The monoisotopic (exact) mass is 1430 g/mol. The van der Waals surface area contributed by atoms with Crippen LogP contribution in [-0.2, 0) is 78.1 Å². The summed E-state index contributed by atoms with van der Waals surface area (Å²) in [6.45, 7) is 7.33. The molecule has 2 aromatic rings. The zero-order valence-electron chi connectivity index (χ0n) is 58.5. The lowest BCUT2D eigenvalue weighted by Crippen LogP contribution is -2.60. The molecule has 15 N–H and O–H groups in total. The van der Waals surface area contributed by atoms with Crippen LogP contribution in [0.25, 0.3) is 0 Å². The summed E-state index contributed by atoms with van der Waals surface area (Å²) in [7, 11) is 0. The molecule has 8 unspecified atom stereocenters. The largest absolute Gasteiger partial charge is 0.507 e. The number of Topliss-reactive ketones (excluding diaryl/α,β-unsaturated/α-hetero) is 4. The van der Waals surface area contributed by atoms with E-state index < -0.39 is 260 Å². The molecular weight excluding hydrogens is 1340 g/mol. The number of esters is 1. The number of benzene rings is 2. The average molecular weight is 1440 g/mol. The van der Waals surface area contributed by atoms with Crippen molar-refractivity contribution in [3.05, 3.63) is 57.1 Å². The van der Waals surface area contributed by atoms with E-state index >= 15 is 0 Å². The van der Waals surface area contributed by atoms with Gasteiger partial charge >= 0.3 is 11.9 Å². The van der Waals surface area contributed by atoms with Gasteiger partial charge in [0.05, 0.1) is 78.3 Å². The number of hydrogen-bond donors (Lipinski definition) is 14. The lowest BCUT2D eigenvalue weighted by Gasteiger charge is -2.47. The zero-order chi connectivity index (χ0) is 75.4. The molecule has 31 nitrogen and oxygen atoms in total. The maximum atomic E-state index is 14.6. The van der Waals surface area contributed by atoms with Crippen LogP contribution in [0.2, 0.25) is 0 Å². The molecule has 2 aliphatic heterocycles. The lowest BCUT2D eigenvalue weighted by molar-refractivity contribution is -0.268. The Kier molecular flexibility index (Phi) is 28.3. The second-order valence-electron chi connectivity index (χ2n) is 28.7. The van der Waals surface area contributed by atoms with Crippen LogP contribution in [0, 0.1) is 36.0 Å². The molecule has 1 saturated carbocycles. The first-order valence-corrected chi connectivity index (χ1v) is 34.8. The molecule has 3 fully saturated rings. The van der Waals surface area contributed by atoms with Gasteiger partial charge in [0.1, 0.15) is 35.8 Å². The van der Waals surface area contributed by atoms with E-state index in [-0.39, 0.29) is 66.8 Å². The second kappa shape index (κ2) is 35.4. The van der Waals surface area contributed by atoms with Crippen molar-refractivity contribution in [2.45, 2.75) is 237 Å². The second-order valence-corrected chi connectivity index (χ2v) is 28.7. The summed E-state index contributed by atoms with van der Waals surface area (Å²) in [4.78, 5) is 175. The van der Waals surface area contributed by atoms with Crippen molar-refractivity contribution in [3.63, 3.8) is 0 Å². The van der Waals surface area contributed by atoms with E-state index in [1.807, 2.05) is 0 Å². The number of aliphatic carboxylic acids is 1. The number of carbonyl (C=O) groups is 13. The van der Waals surface area contributed by atoms with Gasteiger partial charge in [-0.05, 0) is 97.5 Å². The molecule has 0 spiro atoms. The van der Waals surface area contributed by atoms with Gasteiger partial charge in [-0.3, -0.25) is 67.6 Å². The molecule has 31 heteroatoms. The maximum absolute atomic E-state index is 14.6. The predicted octanol–water partition coefficient (Wildman–Crippen LogP) is 0.817. The highest BCUT2D eigenvalue weighted by atomic mass is 16.7. The van der Waals surface area contributed by atoms with Crippen molar-refractivity contribution in [1.82, 2.24) is 26.6 Å². The molecule has 0 radical (unpaired) electrons. The predicted molar refractivity (Wildman–Crippen MR) is 356 cm³/mol. The Bertz CT molecular complexity index is 3510. The fourth-order valence-corrected chi connectivity index (χ4v) is 14.2. The summed E-state index contributed by atoms with van der Waals surface area (Å²) < 4.78 is 24.9. The molecule has 15 atom stereocenters. The summed E-state index contributed by atoms with van der Waals surface area (Å²) in [5.41, 5.74) is -0.547. The van der Waals surface area contributed by atoms with Crippen LogP contribution in [0.4, 0.5) is 0 Å². The number of ether oxygens (including phenoxy) is 4. The summed E-state index contributed by atoms with van der Waals surface area (Å²) in [6.07, 6.45) is -8.33. The summed E-state index contributed by atoms with van der Waals surface area (Å²) in [5, 5.41) is 101. The number of aromatic hydroxyl groups is 2. The maximum Gasteiger partial charge on any atom is 0.312 e. The minimum absolute atomic E-state index is 0.0106. The van der Waals surface area contributed by atoms with Gasteiger partial charge in [0.2, 0.25) is 35.3 Å². The van der Waals surface area contributed by atoms with Crippen molar-refractivity contribution < 1.29 is 122 Å². The van der Waals surface area contributed by atoms with E-state index in [1.54, 1.807) is 33.8 Å². The number of ketones is 6. The van der Waals surface area contributed by atoms with Crippen molar-refractivity contribution in [3.8, 4) is 11.5 Å². The smallest absolute Gasteiger partial charge is 0.312 e. The Morgan fingerprint density at radius 2 is 1.48 bits per heavy atom. The number of phenolic OH excluding ortho intramolecular Hbond substituents is 2. The lowest BCUT2D eigenvalue weighted by atomic mass is 9.71. The van der Waals surface area contributed by atoms with Gasteiger partial charge in [-0.2, -0.15) is 0 Å². The summed E-state index contributed by atoms with van der Waals surface area (Å²) in [5.74, 6) is -17.2. The van der Waals surface area contributed by atoms with E-state index in [2.05, 4.69) is 26.6 Å². The van der Waals surface area contributed by atoms with Gasteiger partial charge in [0, 0.05) is 92.1 Å². The van der Waals surface area contributed by atoms with Gasteiger partial charge in [-0.25, -0.2) is 0 Å². The number of nitrogens with two attached hydrogens (primary N) is 1. The van der Waals surface area contributed by atoms with Crippen LogP contribution in [0.5, 0.6) is 11.5 Å². The number of hydrogen-bond acceptors (Lipinski definition) is 25. The number of aryl methyl sites for hydroxylation is 1. The molecule has 7 rings (SSSR count). The number of aliphatic hydroxyl groups excluding tert-OH is 4. The van der Waals surface area contributed by atoms with Gasteiger partial charge in [0.15, 0.2) is 41.8 Å². The number of fused-ring (bicyclic) bond motifs is 4. The van der Waals surface area contributed by atoms with Crippen LogP contribution in [0.15, 0.2) is 18.2 Å². The van der Waals surface area contributed by atoms with Crippen molar-refractivity contribution >= 4 is 76.2 Å². The van der Waals surface area contributed by atoms with Crippen LogP contribution in [0.3, 0.4) is 0 Å². The molecule has 0 aromatic heterocycles. The molecule has 5 aliphatic rings. The highest BCUT2D eigenvalue weighted by molar-refractivity contribution is 6.31. The number of aliphatic hydroxyl groups is 5. The Morgan fingerprint density at radius 1 is 0.814 bits per heavy atom. The fraction of sp³-hybridized carbons (Fsp3) is 0.648. The number of phenols is 2. The Hall–Kier alpha value is -8.01. The van der Waals surface area contributed by atoms with E-state index in [0.717, 1.165) is 6.42 Å². The molecule has 102 heavy (non-hydrogen) atoms. The fourth-order valence-electron chi connectivity index (χ4n) is 14.2. The summed E-state index contributed by atoms with van der Waals surface area (Å²) >= 11 is 0. The molecular formula is C71H98N6O25. The third-order valence-electron chi connectivity index (χ3n) is 19.9. The number of carboxylic acid groups (broad SMARTS) is 1. The Morgan fingerprint density at radius 3 is 2.13 bits per heavy atom. The topological polar surface area (TPSA) is 507 Å². The third kappa shape index (κ3) is 20.2. The Balaban J connectivity index is 1.03. The standard InChI is InChI=1S/C71H98N6O25/c1-33-13-11-16-42-56(33)63(92)59-58(61(42)90)62(91)43-27-71(98,29-49(57(43)64(59)93)102-55-25-44-65(37(5)100-55)101-41(22-35(3)80)21-34(2)66(94)75-44)50(84)32-99-69(97)70(6,7)28-48(83)45(31-79)76-67(95)39(18-19-51(72)85)23-47(82)60(38-14-9-8-10-15-38)77-68(96)40(30-78)24-46(81)36(4)74-53(87)26-52(86)73-20-12-17-54(88)89/h11,13,16,34-41,44-45,49,55,60,65-66,75,78-80,91,93-94,98H,8-10,12,14-15,17-32H2,1-7H3,(H2,72,85)(H,73,86)(H,74,87)(H,76,95)(H,77,96)(H,88,89)/t34?,35?,36-,37?,39+,40-,41?,44?,45-,49-,55?,60-,65?,66?,71-/m0/s1. The first kappa shape index (κ1) is 81.3. The molecule has 2 aromatic carbocycles. The first-order chi connectivity index (χ1) is 48.0. The zero-order valence-corrected chi connectivity index (χ0v) is 58.5. The molecule has 2 heterocycles. The molecule has 0 bridgehead atoms. The summed E-state index contributed by atoms with van der Waals surface area (Å²) in [6, 6.07) is -0.508. The third-order valence-corrected chi connectivity index (χ3v) is 19.9. The molecule has 2 saturated heterocycles. The van der Waals surface area contributed by atoms with Crippen LogP contribution in [-0.4, -0.2) is 210 Å². The molecule has 5 amide bonds. The molecule has 562 valence electrons. The van der Waals surface area contributed by atoms with Crippen LogP contribution < -0.4 is 32.3 Å². The normalized spacial score (nSPS) is 24.5. The first-order valence-electron chi connectivity index (χ1n) is 34.8. The van der Waals surface area contributed by atoms with Crippen molar-refractivity contribution in [2.75, 3.05) is 26.4 Å². The van der Waals surface area contributed by atoms with Gasteiger partial charge in [-0.1, -0.05) is 44.4 Å².